The number of nitrogens with zero attached hydrogens (tertiary/aromatic N) is 2. The summed E-state index contributed by atoms with van der Waals surface area (Å²) in [6, 6.07) is 0. The molecule has 0 rings (SSSR count). The molecule has 0 unspecified atom stereocenters. The van der Waals surface area contributed by atoms with Crippen molar-refractivity contribution < 1.29 is 0 Å². The second-order valence-electron chi connectivity index (χ2n) is 6.73. The Hall–Kier alpha value is 1.18. The standard InChI is InChI=1S/C20H40N2S6/c1-5-9-13-21(14-10-6-2)19(23)27-25-17-18-26-28-20(24)22(15-11-7-3)16-12-8-4/h5-18H2,1-4H3. The summed E-state index contributed by atoms with van der Waals surface area (Å²) >= 11 is 11.3. The van der Waals surface area contributed by atoms with E-state index in [0.29, 0.717) is 0 Å². The number of unbranched alkanes of at least 4 members (excludes halogenated alkanes) is 4. The molecule has 2 nitrogen and oxygen atoms in total. The Kier molecular flexibility index (Phi) is 22.3. The second-order valence-corrected chi connectivity index (χ2v) is 12.8. The summed E-state index contributed by atoms with van der Waals surface area (Å²) in [6.07, 6.45) is 9.82. The van der Waals surface area contributed by atoms with Crippen molar-refractivity contribution >= 4 is 76.3 Å². The summed E-state index contributed by atoms with van der Waals surface area (Å²) in [7, 11) is 7.34. The van der Waals surface area contributed by atoms with E-state index >= 15 is 0 Å². The van der Waals surface area contributed by atoms with E-state index in [0.717, 1.165) is 46.3 Å². The van der Waals surface area contributed by atoms with E-state index < -0.39 is 0 Å². The van der Waals surface area contributed by atoms with Gasteiger partial charge in [0.25, 0.3) is 0 Å². The topological polar surface area (TPSA) is 6.48 Å². The first-order valence-corrected chi connectivity index (χ1v) is 16.2. The normalized spacial score (nSPS) is 10.9. The first kappa shape index (κ1) is 29.2. The second kappa shape index (κ2) is 21.4. The van der Waals surface area contributed by atoms with E-state index in [4.69, 9.17) is 24.4 Å². The van der Waals surface area contributed by atoms with E-state index in [-0.39, 0.29) is 0 Å². The van der Waals surface area contributed by atoms with Crippen molar-refractivity contribution in [3.8, 4) is 0 Å². The van der Waals surface area contributed by atoms with E-state index in [1.165, 1.54) is 51.4 Å². The highest BCUT2D eigenvalue weighted by Crippen LogP contribution is 2.30. The van der Waals surface area contributed by atoms with Gasteiger partial charge in [-0.1, -0.05) is 99.4 Å². The third kappa shape index (κ3) is 15.9. The summed E-state index contributed by atoms with van der Waals surface area (Å²) in [6.45, 7) is 13.4. The van der Waals surface area contributed by atoms with Crippen LogP contribution in [0.2, 0.25) is 0 Å². The van der Waals surface area contributed by atoms with Crippen LogP contribution < -0.4 is 0 Å². The Bertz CT molecular complexity index is 343. The molecule has 0 atom stereocenters. The van der Waals surface area contributed by atoms with Gasteiger partial charge in [0.1, 0.15) is 8.64 Å². The van der Waals surface area contributed by atoms with Crippen LogP contribution in [0.15, 0.2) is 0 Å². The van der Waals surface area contributed by atoms with Crippen molar-refractivity contribution in [2.24, 2.45) is 0 Å². The lowest BCUT2D eigenvalue weighted by atomic mass is 10.3. The van der Waals surface area contributed by atoms with Gasteiger partial charge in [0.15, 0.2) is 0 Å². The van der Waals surface area contributed by atoms with Crippen LogP contribution in [0.3, 0.4) is 0 Å². The molecule has 0 aromatic carbocycles. The quantitative estimate of drug-likeness (QED) is 0.111. The SMILES string of the molecule is CCCCN(CCCC)C(=S)SSCCSSC(=S)N(CCCC)CCCC. The van der Waals surface area contributed by atoms with Gasteiger partial charge >= 0.3 is 0 Å². The molecular weight excluding hydrogens is 461 g/mol. The van der Waals surface area contributed by atoms with Crippen molar-refractivity contribution in [2.45, 2.75) is 79.1 Å². The molecule has 28 heavy (non-hydrogen) atoms. The van der Waals surface area contributed by atoms with Crippen LogP contribution in [0.5, 0.6) is 0 Å². The number of thiocarbonyl (C=S) groups is 2. The number of rotatable bonds is 17. The largest absolute Gasteiger partial charge is 0.357 e. The van der Waals surface area contributed by atoms with Crippen LogP contribution in [0, 0.1) is 0 Å². The van der Waals surface area contributed by atoms with Crippen LogP contribution in [-0.4, -0.2) is 56.1 Å². The fourth-order valence-corrected chi connectivity index (χ4v) is 8.02. The predicted molar refractivity (Wildman–Crippen MR) is 148 cm³/mol. The average Bonchev–Trinajstić information content (AvgIpc) is 2.70. The summed E-state index contributed by atoms with van der Waals surface area (Å²) in [5.74, 6) is 2.20. The first-order chi connectivity index (χ1) is 13.6. The molecule has 0 fully saturated rings. The molecule has 0 amide bonds. The van der Waals surface area contributed by atoms with Gasteiger partial charge < -0.3 is 9.80 Å². The smallest absolute Gasteiger partial charge is 0.147 e. The van der Waals surface area contributed by atoms with Gasteiger partial charge in [0, 0.05) is 37.7 Å². The van der Waals surface area contributed by atoms with Crippen molar-refractivity contribution in [1.29, 1.82) is 0 Å². The summed E-state index contributed by atoms with van der Waals surface area (Å²) in [5.41, 5.74) is 0. The highest BCUT2D eigenvalue weighted by Gasteiger charge is 2.11. The van der Waals surface area contributed by atoms with Gasteiger partial charge in [-0.15, -0.1) is 0 Å². The molecule has 0 aliphatic heterocycles. The molecule has 0 aliphatic rings. The van der Waals surface area contributed by atoms with E-state index in [9.17, 15) is 0 Å². The Morgan fingerprint density at radius 1 is 0.571 bits per heavy atom. The van der Waals surface area contributed by atoms with Crippen LogP contribution >= 0.6 is 67.6 Å². The monoisotopic (exact) mass is 500 g/mol. The molecule has 166 valence electrons. The summed E-state index contributed by atoms with van der Waals surface area (Å²) in [5, 5.41) is 0. The van der Waals surface area contributed by atoms with Gasteiger partial charge in [0.05, 0.1) is 0 Å². The predicted octanol–water partition coefficient (Wildman–Crippen LogP) is 8.12. The summed E-state index contributed by atoms with van der Waals surface area (Å²) < 4.78 is 2.12. The van der Waals surface area contributed by atoms with Crippen LogP contribution in [-0.2, 0) is 0 Å². The molecule has 0 N–H and O–H groups in total. The molecule has 0 saturated carbocycles. The average molecular weight is 501 g/mol. The molecule has 0 saturated heterocycles. The minimum atomic E-state index is 1.06. The van der Waals surface area contributed by atoms with E-state index in [1.54, 1.807) is 21.6 Å². The highest BCUT2D eigenvalue weighted by atomic mass is 33.1. The molecule has 0 heterocycles. The van der Waals surface area contributed by atoms with Crippen molar-refractivity contribution in [1.82, 2.24) is 9.80 Å². The van der Waals surface area contributed by atoms with Gasteiger partial charge in [0.2, 0.25) is 0 Å². The third-order valence-electron chi connectivity index (χ3n) is 4.15. The maximum Gasteiger partial charge on any atom is 0.147 e. The van der Waals surface area contributed by atoms with Gasteiger partial charge in [-0.2, -0.15) is 0 Å². The van der Waals surface area contributed by atoms with Crippen molar-refractivity contribution in [2.75, 3.05) is 37.7 Å². The lowest BCUT2D eigenvalue weighted by Crippen LogP contribution is -2.29. The molecule has 0 aliphatic carbocycles. The zero-order chi connectivity index (χ0) is 21.0. The maximum atomic E-state index is 5.67. The molecule has 0 bridgehead atoms. The van der Waals surface area contributed by atoms with Gasteiger partial charge in [-0.25, -0.2) is 0 Å². The molecule has 0 radical (unpaired) electrons. The zero-order valence-corrected chi connectivity index (χ0v) is 23.1. The van der Waals surface area contributed by atoms with E-state index in [2.05, 4.69) is 37.5 Å². The first-order valence-electron chi connectivity index (χ1n) is 10.8. The Labute approximate surface area is 201 Å². The lowest BCUT2D eigenvalue weighted by Gasteiger charge is -2.24. The minimum absolute atomic E-state index is 1.06. The Balaban J connectivity index is 4.02. The minimum Gasteiger partial charge on any atom is -0.357 e. The van der Waals surface area contributed by atoms with E-state index in [1.807, 2.05) is 21.6 Å². The molecular formula is C20H40N2S6. The van der Waals surface area contributed by atoms with Crippen LogP contribution in [0.4, 0.5) is 0 Å². The number of hydrogen-bond acceptors (Lipinski definition) is 6. The maximum absolute atomic E-state index is 5.67. The Morgan fingerprint density at radius 2 is 0.857 bits per heavy atom. The number of hydrogen-bond donors (Lipinski definition) is 0. The fraction of sp³-hybridized carbons (Fsp3) is 0.900. The third-order valence-corrected chi connectivity index (χ3v) is 10.5. The van der Waals surface area contributed by atoms with Crippen LogP contribution in [0.25, 0.3) is 0 Å². The molecule has 0 spiro atoms. The molecule has 0 aromatic heterocycles. The van der Waals surface area contributed by atoms with Crippen LogP contribution in [0.1, 0.15) is 79.1 Å². The summed E-state index contributed by atoms with van der Waals surface area (Å²) in [4.78, 5) is 4.80. The zero-order valence-electron chi connectivity index (χ0n) is 18.2. The lowest BCUT2D eigenvalue weighted by molar-refractivity contribution is 0.411. The van der Waals surface area contributed by atoms with Crippen molar-refractivity contribution in [3.05, 3.63) is 0 Å². The van der Waals surface area contributed by atoms with Gasteiger partial charge in [-0.3, -0.25) is 0 Å². The Morgan fingerprint density at radius 3 is 1.11 bits per heavy atom. The highest BCUT2D eigenvalue weighted by molar-refractivity contribution is 8.85. The van der Waals surface area contributed by atoms with Gasteiger partial charge in [-0.05, 0) is 47.3 Å². The molecule has 8 heteroatoms. The molecule has 0 aromatic rings. The fourth-order valence-electron chi connectivity index (χ4n) is 2.34. The van der Waals surface area contributed by atoms with Crippen molar-refractivity contribution in [3.63, 3.8) is 0 Å².